The van der Waals surface area contributed by atoms with E-state index in [-0.39, 0.29) is 13.0 Å². The Morgan fingerprint density at radius 3 is 2.28 bits per heavy atom. The zero-order valence-corrected chi connectivity index (χ0v) is 13.2. The van der Waals surface area contributed by atoms with Crippen LogP contribution in [-0.2, 0) is 0 Å². The number of amides is 1. The standard InChI is InChI=1S/C7H5N3OS.C6H7N3O.C2H2.CH4/c11-6-4-1-2-8-3-5(4)9-7(12)10-6;7-5-3-9-2-1-4(5)6(8)10;1-2;/h1-3H,(H2,9,10,11,12);1-3H,7H2,(H2,8,10);1-2H;1H4. The number of rotatable bonds is 1. The highest BCUT2D eigenvalue weighted by molar-refractivity contribution is 7.71. The third-order valence-electron chi connectivity index (χ3n) is 2.66. The average molecular weight is 358 g/mol. The van der Waals surface area contributed by atoms with Crippen LogP contribution < -0.4 is 17.0 Å². The zero-order chi connectivity index (χ0) is 18.1. The first-order chi connectivity index (χ1) is 11.5. The molecule has 130 valence electrons. The molecule has 0 saturated carbocycles. The van der Waals surface area contributed by atoms with Crippen molar-refractivity contribution in [2.45, 2.75) is 7.43 Å². The van der Waals surface area contributed by atoms with Crippen LogP contribution in [0.4, 0.5) is 5.69 Å². The summed E-state index contributed by atoms with van der Waals surface area (Å²) >= 11 is 4.79. The van der Waals surface area contributed by atoms with Crippen molar-refractivity contribution in [1.82, 2.24) is 19.9 Å². The lowest BCUT2D eigenvalue weighted by Crippen LogP contribution is -2.13. The van der Waals surface area contributed by atoms with Crippen LogP contribution in [0.2, 0.25) is 0 Å². The Balaban J connectivity index is 0.000000410. The normalized spacial score (nSPS) is 8.72. The van der Waals surface area contributed by atoms with Crippen molar-refractivity contribution in [2.24, 2.45) is 5.73 Å². The lowest BCUT2D eigenvalue weighted by Gasteiger charge is -1.96. The highest BCUT2D eigenvalue weighted by atomic mass is 32.1. The number of carbonyl (C=O) groups excluding carboxylic acids is 1. The molecule has 6 N–H and O–H groups in total. The molecule has 8 nitrogen and oxygen atoms in total. The minimum atomic E-state index is -0.528. The van der Waals surface area contributed by atoms with Gasteiger partial charge in [0.15, 0.2) is 4.77 Å². The molecule has 3 rings (SSSR count). The number of nitrogens with one attached hydrogen (secondary N) is 2. The highest BCUT2D eigenvalue weighted by Crippen LogP contribution is 2.06. The van der Waals surface area contributed by atoms with Gasteiger partial charge in [0.2, 0.25) is 0 Å². The molecule has 3 aromatic heterocycles. The summed E-state index contributed by atoms with van der Waals surface area (Å²) in [5.74, 6) is -0.528. The lowest BCUT2D eigenvalue weighted by molar-refractivity contribution is 0.100. The molecule has 9 heteroatoms. The monoisotopic (exact) mass is 358 g/mol. The molecule has 0 aliphatic carbocycles. The molecular formula is C16H18N6O2S. The number of nitrogens with zero attached hydrogens (tertiary/aromatic N) is 2. The summed E-state index contributed by atoms with van der Waals surface area (Å²) in [5, 5.41) is 0.568. The number of pyridine rings is 2. The number of carbonyl (C=O) groups is 1. The molecule has 0 saturated heterocycles. The minimum absolute atomic E-state index is 0. The van der Waals surface area contributed by atoms with Crippen molar-refractivity contribution in [3.05, 3.63) is 57.6 Å². The fraction of sp³-hybridized carbons (Fsp3) is 0.0625. The number of aromatic amines is 2. The quantitative estimate of drug-likeness (QED) is 0.384. The summed E-state index contributed by atoms with van der Waals surface area (Å²) in [6, 6.07) is 3.12. The summed E-state index contributed by atoms with van der Waals surface area (Å²) in [5.41, 5.74) is 11.4. The number of terminal acetylenes is 1. The van der Waals surface area contributed by atoms with E-state index in [1.54, 1.807) is 18.5 Å². The maximum absolute atomic E-state index is 11.2. The van der Waals surface area contributed by atoms with E-state index >= 15 is 0 Å². The molecule has 0 fully saturated rings. The molecule has 0 radical (unpaired) electrons. The second-order valence-electron chi connectivity index (χ2n) is 4.16. The largest absolute Gasteiger partial charge is 0.397 e. The summed E-state index contributed by atoms with van der Waals surface area (Å²) in [6.07, 6.45) is 14.0. The van der Waals surface area contributed by atoms with Crippen LogP contribution in [0.3, 0.4) is 0 Å². The van der Waals surface area contributed by atoms with Crippen LogP contribution in [-0.4, -0.2) is 25.8 Å². The fourth-order valence-electron chi connectivity index (χ4n) is 1.65. The molecular weight excluding hydrogens is 340 g/mol. The second-order valence-corrected chi connectivity index (χ2v) is 4.56. The molecule has 0 bridgehead atoms. The van der Waals surface area contributed by atoms with Gasteiger partial charge in [-0.3, -0.25) is 24.5 Å². The van der Waals surface area contributed by atoms with Crippen LogP contribution in [0.5, 0.6) is 0 Å². The predicted octanol–water partition coefficient (Wildman–Crippen LogP) is 1.63. The van der Waals surface area contributed by atoms with Crippen molar-refractivity contribution in [2.75, 3.05) is 5.73 Å². The number of anilines is 1. The van der Waals surface area contributed by atoms with Crippen LogP contribution in [0.1, 0.15) is 17.8 Å². The van der Waals surface area contributed by atoms with Gasteiger partial charge in [-0.2, -0.15) is 0 Å². The van der Waals surface area contributed by atoms with Gasteiger partial charge in [0.25, 0.3) is 11.5 Å². The second kappa shape index (κ2) is 10.3. The molecule has 1 amide bonds. The van der Waals surface area contributed by atoms with E-state index in [1.807, 2.05) is 0 Å². The van der Waals surface area contributed by atoms with Crippen LogP contribution >= 0.6 is 12.2 Å². The third kappa shape index (κ3) is 5.89. The Bertz CT molecular complexity index is 977. The van der Waals surface area contributed by atoms with Gasteiger partial charge in [0.1, 0.15) is 0 Å². The summed E-state index contributed by atoms with van der Waals surface area (Å²) in [6.45, 7) is 0. The van der Waals surface area contributed by atoms with Crippen LogP contribution in [0, 0.1) is 17.6 Å². The van der Waals surface area contributed by atoms with Crippen molar-refractivity contribution >= 4 is 34.7 Å². The Morgan fingerprint density at radius 1 is 1.12 bits per heavy atom. The SMILES string of the molecule is C.C#C.NC(=O)c1ccncc1N.O=c1[nH]c(=S)[nH]c2cnccc12. The molecule has 3 heterocycles. The first-order valence-corrected chi connectivity index (χ1v) is 6.79. The zero-order valence-electron chi connectivity index (χ0n) is 12.4. The molecule has 0 spiro atoms. The number of fused-ring (bicyclic) bond motifs is 1. The van der Waals surface area contributed by atoms with E-state index in [0.29, 0.717) is 26.9 Å². The van der Waals surface area contributed by atoms with Gasteiger partial charge in [-0.1, -0.05) is 7.43 Å². The maximum Gasteiger partial charge on any atom is 0.259 e. The molecule has 25 heavy (non-hydrogen) atoms. The van der Waals surface area contributed by atoms with E-state index in [2.05, 4.69) is 32.8 Å². The van der Waals surface area contributed by atoms with Crippen molar-refractivity contribution in [3.8, 4) is 12.8 Å². The summed E-state index contributed by atoms with van der Waals surface area (Å²) < 4.78 is 0.320. The number of nitrogens with two attached hydrogens (primary N) is 2. The molecule has 0 aromatic carbocycles. The predicted molar refractivity (Wildman–Crippen MR) is 101 cm³/mol. The maximum atomic E-state index is 11.2. The number of primary amides is 1. The van der Waals surface area contributed by atoms with Gasteiger partial charge in [-0.15, -0.1) is 12.8 Å². The first-order valence-electron chi connectivity index (χ1n) is 6.38. The van der Waals surface area contributed by atoms with E-state index in [9.17, 15) is 9.59 Å². The molecule has 0 aliphatic heterocycles. The van der Waals surface area contributed by atoms with E-state index in [1.165, 1.54) is 18.5 Å². The topological polar surface area (TPSA) is 144 Å². The molecule has 3 aromatic rings. The van der Waals surface area contributed by atoms with Gasteiger partial charge in [0.05, 0.1) is 34.5 Å². The van der Waals surface area contributed by atoms with Crippen molar-refractivity contribution in [3.63, 3.8) is 0 Å². The molecule has 0 unspecified atom stereocenters. The van der Waals surface area contributed by atoms with Gasteiger partial charge in [0, 0.05) is 12.4 Å². The average Bonchev–Trinajstić information content (AvgIpc) is 2.57. The van der Waals surface area contributed by atoms with Gasteiger partial charge in [-0.25, -0.2) is 0 Å². The third-order valence-corrected chi connectivity index (χ3v) is 2.86. The van der Waals surface area contributed by atoms with Crippen LogP contribution in [0.15, 0.2) is 41.7 Å². The Hall–Kier alpha value is -3.51. The first kappa shape index (κ1) is 21.5. The number of hydrogen-bond donors (Lipinski definition) is 4. The van der Waals surface area contributed by atoms with E-state index in [0.717, 1.165) is 0 Å². The van der Waals surface area contributed by atoms with Crippen molar-refractivity contribution in [1.29, 1.82) is 0 Å². The number of H-pyrrole nitrogens is 2. The van der Waals surface area contributed by atoms with Gasteiger partial charge < -0.3 is 16.5 Å². The number of hydrogen-bond acceptors (Lipinski definition) is 6. The number of aromatic nitrogens is 4. The van der Waals surface area contributed by atoms with Gasteiger partial charge in [-0.05, 0) is 24.4 Å². The van der Waals surface area contributed by atoms with Crippen molar-refractivity contribution < 1.29 is 4.79 Å². The van der Waals surface area contributed by atoms with Gasteiger partial charge >= 0.3 is 0 Å². The fourth-order valence-corrected chi connectivity index (χ4v) is 1.85. The minimum Gasteiger partial charge on any atom is -0.397 e. The smallest absolute Gasteiger partial charge is 0.259 e. The highest BCUT2D eigenvalue weighted by Gasteiger charge is 2.02. The van der Waals surface area contributed by atoms with E-state index in [4.69, 9.17) is 23.7 Å². The van der Waals surface area contributed by atoms with E-state index < -0.39 is 5.91 Å². The number of nitrogen functional groups attached to an aromatic ring is 1. The molecule has 0 atom stereocenters. The Labute approximate surface area is 149 Å². The molecule has 0 aliphatic rings. The summed E-state index contributed by atoms with van der Waals surface area (Å²) in [4.78, 5) is 34.6. The Kier molecular flexibility index (Phi) is 8.85. The lowest BCUT2D eigenvalue weighted by atomic mass is 10.2. The summed E-state index contributed by atoms with van der Waals surface area (Å²) in [7, 11) is 0. The van der Waals surface area contributed by atoms with Crippen LogP contribution in [0.25, 0.3) is 10.9 Å². The Morgan fingerprint density at radius 2 is 1.72 bits per heavy atom.